The Bertz CT molecular complexity index is 877. The van der Waals surface area contributed by atoms with Crippen LogP contribution in [0.3, 0.4) is 0 Å². The highest BCUT2D eigenvalue weighted by Gasteiger charge is 2.44. The normalized spacial score (nSPS) is 21.5. The van der Waals surface area contributed by atoms with Crippen molar-refractivity contribution in [3.05, 3.63) is 17.7 Å². The summed E-state index contributed by atoms with van der Waals surface area (Å²) >= 11 is 0. The Morgan fingerprint density at radius 2 is 2.10 bits per heavy atom. The van der Waals surface area contributed by atoms with E-state index in [1.165, 1.54) is 18.1 Å². The van der Waals surface area contributed by atoms with Gasteiger partial charge in [-0.15, -0.1) is 0 Å². The number of carbonyl (C=O) groups is 1. The smallest absolute Gasteiger partial charge is 0.410 e. The lowest BCUT2D eigenvalue weighted by Crippen LogP contribution is -2.55. The number of aliphatic imine (C=N–C) groups is 1. The minimum Gasteiger partial charge on any atom is -0.493 e. The van der Waals surface area contributed by atoms with Crippen LogP contribution < -0.4 is 9.47 Å². The molecule has 1 amide bonds. The maximum atomic E-state index is 15.4. The topological polar surface area (TPSA) is 87.4 Å². The maximum Gasteiger partial charge on any atom is 0.410 e. The first-order chi connectivity index (χ1) is 14.4. The number of methoxy groups -OCH3 is 1. The molecule has 0 bridgehead atoms. The van der Waals surface area contributed by atoms with Gasteiger partial charge >= 0.3 is 6.09 Å². The van der Waals surface area contributed by atoms with Crippen LogP contribution in [0.1, 0.15) is 32.8 Å². The Labute approximate surface area is 185 Å². The van der Waals surface area contributed by atoms with Gasteiger partial charge in [-0.1, -0.05) is 9.24 Å². The molecule has 0 N–H and O–H groups in total. The Morgan fingerprint density at radius 1 is 1.42 bits per heavy atom. The van der Waals surface area contributed by atoms with Gasteiger partial charge in [0.05, 0.1) is 31.2 Å². The van der Waals surface area contributed by atoms with Gasteiger partial charge in [-0.3, -0.25) is 0 Å². The van der Waals surface area contributed by atoms with Crippen LogP contribution in [0.4, 0.5) is 14.9 Å². The third kappa shape index (κ3) is 6.70. The zero-order chi connectivity index (χ0) is 23.4. The number of ether oxygens (including phenoxy) is 3. The van der Waals surface area contributed by atoms with Crippen LogP contribution in [0.25, 0.3) is 0 Å². The van der Waals surface area contributed by atoms with Crippen molar-refractivity contribution in [2.24, 2.45) is 4.99 Å². The molecular weight excluding hydrogens is 422 g/mol. The largest absolute Gasteiger partial charge is 0.493 e. The summed E-state index contributed by atoms with van der Waals surface area (Å²) in [5, 5.41) is 7.59. The molecule has 8 nitrogen and oxygen atoms in total. The molecule has 10 heteroatoms. The molecular formula is C21H30FN4O4P. The van der Waals surface area contributed by atoms with Crippen LogP contribution in [0.2, 0.25) is 0 Å². The Morgan fingerprint density at radius 3 is 2.61 bits per heavy atom. The predicted octanol–water partition coefficient (Wildman–Crippen LogP) is 3.72. The second kappa shape index (κ2) is 9.69. The highest BCUT2D eigenvalue weighted by Crippen LogP contribution is 2.40. The monoisotopic (exact) mass is 452 g/mol. The standard InChI is InChI=1S/C21H30FN4O4P/c1-20(2,3)30-19(27)26-8-7-18(21(22,31)12-26)29-17-9-14(11-23)15(10-16(17)28-6)24-13-25(4)5/h9-10,13,18H,7-8,12,31H2,1-6H3/b24-13-. The van der Waals surface area contributed by atoms with E-state index in [1.54, 1.807) is 38.1 Å². The molecule has 0 spiro atoms. The van der Waals surface area contributed by atoms with Gasteiger partial charge in [-0.25, -0.2) is 14.2 Å². The van der Waals surface area contributed by atoms with Gasteiger partial charge in [-0.05, 0) is 20.8 Å². The number of hydrogen-bond donors (Lipinski definition) is 0. The average Bonchev–Trinajstić information content (AvgIpc) is 2.66. The lowest BCUT2D eigenvalue weighted by atomic mass is 10.0. The predicted molar refractivity (Wildman–Crippen MR) is 120 cm³/mol. The Kier molecular flexibility index (Phi) is 7.72. The number of likely N-dealkylation sites (tertiary alicyclic amines) is 1. The summed E-state index contributed by atoms with van der Waals surface area (Å²) in [6.45, 7) is 5.36. The van der Waals surface area contributed by atoms with Gasteiger partial charge in [0.25, 0.3) is 0 Å². The van der Waals surface area contributed by atoms with Crippen molar-refractivity contribution in [3.8, 4) is 17.6 Å². The van der Waals surface area contributed by atoms with E-state index >= 15 is 4.39 Å². The summed E-state index contributed by atoms with van der Waals surface area (Å²) < 4.78 is 32.1. The van der Waals surface area contributed by atoms with Gasteiger partial charge in [0, 0.05) is 39.2 Å². The fourth-order valence-corrected chi connectivity index (χ4v) is 3.41. The van der Waals surface area contributed by atoms with E-state index in [9.17, 15) is 10.1 Å². The summed E-state index contributed by atoms with van der Waals surface area (Å²) in [5.41, 5.74) is 0.0214. The van der Waals surface area contributed by atoms with E-state index in [0.717, 1.165) is 0 Å². The number of rotatable bonds is 5. The molecule has 1 saturated heterocycles. The number of alkyl halides is 1. The molecule has 1 heterocycles. The molecule has 0 saturated carbocycles. The van der Waals surface area contributed by atoms with Gasteiger partial charge in [-0.2, -0.15) is 5.26 Å². The number of benzene rings is 1. The summed E-state index contributed by atoms with van der Waals surface area (Å²) in [6, 6.07) is 5.14. The fourth-order valence-electron chi connectivity index (χ4n) is 2.95. The molecule has 1 aromatic rings. The lowest BCUT2D eigenvalue weighted by molar-refractivity contribution is -0.0223. The summed E-state index contributed by atoms with van der Waals surface area (Å²) in [4.78, 5) is 19.6. The first kappa shape index (κ1) is 24.7. The highest BCUT2D eigenvalue weighted by molar-refractivity contribution is 7.18. The van der Waals surface area contributed by atoms with Crippen LogP contribution in [0.15, 0.2) is 17.1 Å². The molecule has 1 aliphatic heterocycles. The number of hydrogen-bond acceptors (Lipinski definition) is 6. The van der Waals surface area contributed by atoms with E-state index in [-0.39, 0.29) is 30.8 Å². The SMILES string of the molecule is COc1cc(/N=C\N(C)C)c(C#N)cc1OC1CCN(C(=O)OC(C)(C)C)CC1(F)P. The van der Waals surface area contributed by atoms with Crippen molar-refractivity contribution in [2.45, 2.75) is 44.3 Å². The zero-order valence-corrected chi connectivity index (χ0v) is 20.0. The molecule has 1 aromatic carbocycles. The number of amides is 1. The van der Waals surface area contributed by atoms with Crippen LogP contribution in [-0.4, -0.2) is 73.6 Å². The molecule has 2 rings (SSSR count). The molecule has 31 heavy (non-hydrogen) atoms. The first-order valence-electron chi connectivity index (χ1n) is 9.81. The molecule has 3 unspecified atom stereocenters. The van der Waals surface area contributed by atoms with E-state index in [2.05, 4.69) is 20.3 Å². The van der Waals surface area contributed by atoms with Crippen LogP contribution in [-0.2, 0) is 4.74 Å². The molecule has 1 fully saturated rings. The third-order valence-electron chi connectivity index (χ3n) is 4.38. The van der Waals surface area contributed by atoms with Crippen molar-refractivity contribution in [3.63, 3.8) is 0 Å². The lowest BCUT2D eigenvalue weighted by Gasteiger charge is -2.41. The van der Waals surface area contributed by atoms with Crippen molar-refractivity contribution < 1.29 is 23.4 Å². The van der Waals surface area contributed by atoms with Crippen molar-refractivity contribution >= 4 is 27.4 Å². The average molecular weight is 452 g/mol. The fraction of sp³-hybridized carbons (Fsp3) is 0.571. The van der Waals surface area contributed by atoms with E-state index < -0.39 is 23.2 Å². The van der Waals surface area contributed by atoms with Gasteiger partial charge in [0.1, 0.15) is 17.8 Å². The minimum atomic E-state index is -1.91. The van der Waals surface area contributed by atoms with E-state index in [4.69, 9.17) is 14.2 Å². The Balaban J connectivity index is 2.22. The summed E-state index contributed by atoms with van der Waals surface area (Å²) in [5.74, 6) is 0.573. The second-order valence-electron chi connectivity index (χ2n) is 8.56. The van der Waals surface area contributed by atoms with Gasteiger partial charge in [0.2, 0.25) is 0 Å². The van der Waals surface area contributed by atoms with Gasteiger partial charge < -0.3 is 24.0 Å². The number of nitriles is 1. The number of piperidine rings is 1. The van der Waals surface area contributed by atoms with E-state index in [0.29, 0.717) is 11.4 Å². The molecule has 0 aliphatic carbocycles. The molecule has 0 aromatic heterocycles. The van der Waals surface area contributed by atoms with Crippen LogP contribution >= 0.6 is 9.24 Å². The molecule has 3 atom stereocenters. The van der Waals surface area contributed by atoms with Crippen LogP contribution in [0, 0.1) is 11.3 Å². The molecule has 1 aliphatic rings. The highest BCUT2D eigenvalue weighted by atomic mass is 31.0. The van der Waals surface area contributed by atoms with Crippen LogP contribution in [0.5, 0.6) is 11.5 Å². The first-order valence-corrected chi connectivity index (χ1v) is 10.4. The Hall–Kier alpha value is -2.59. The van der Waals surface area contributed by atoms with Gasteiger partial charge in [0.15, 0.2) is 16.9 Å². The third-order valence-corrected chi connectivity index (χ3v) is 4.94. The van der Waals surface area contributed by atoms with E-state index in [1.807, 2.05) is 14.1 Å². The maximum absolute atomic E-state index is 15.4. The quantitative estimate of drug-likeness (QED) is 0.385. The summed E-state index contributed by atoms with van der Waals surface area (Å²) in [7, 11) is 7.22. The molecule has 0 radical (unpaired) electrons. The number of carbonyl (C=O) groups excluding carboxylic acids is 1. The second-order valence-corrected chi connectivity index (χ2v) is 9.52. The summed E-state index contributed by atoms with van der Waals surface area (Å²) in [6.07, 6.45) is 0.374. The van der Waals surface area contributed by atoms with Crippen molar-refractivity contribution in [1.29, 1.82) is 5.26 Å². The molecule has 170 valence electrons. The minimum absolute atomic E-state index is 0.199. The number of halogens is 1. The zero-order valence-electron chi connectivity index (χ0n) is 18.8. The van der Waals surface area contributed by atoms with Crippen molar-refractivity contribution in [1.82, 2.24) is 9.80 Å². The number of nitrogens with zero attached hydrogens (tertiary/aromatic N) is 4. The van der Waals surface area contributed by atoms with Crippen molar-refractivity contribution in [2.75, 3.05) is 34.3 Å².